The van der Waals surface area contributed by atoms with Gasteiger partial charge in [0.05, 0.1) is 23.7 Å². The number of rotatable bonds is 2. The Kier molecular flexibility index (Phi) is 3.62. The largest absolute Gasteiger partial charge is 0.465 e. The lowest BCUT2D eigenvalue weighted by molar-refractivity contribution is 0.0601. The molecule has 24 heavy (non-hydrogen) atoms. The van der Waals surface area contributed by atoms with E-state index in [0.717, 1.165) is 21.2 Å². The van der Waals surface area contributed by atoms with Gasteiger partial charge in [-0.05, 0) is 48.5 Å². The number of carbonyl (C=O) groups is 1. The van der Waals surface area contributed by atoms with Crippen molar-refractivity contribution >= 4 is 43.7 Å². The fourth-order valence-electron chi connectivity index (χ4n) is 3.09. The predicted molar refractivity (Wildman–Crippen MR) is 99.8 cm³/mol. The van der Waals surface area contributed by atoms with Crippen LogP contribution in [0, 0.1) is 0 Å². The van der Waals surface area contributed by atoms with E-state index in [0.29, 0.717) is 5.56 Å². The first-order valence-electron chi connectivity index (χ1n) is 7.56. The Morgan fingerprint density at radius 3 is 2.38 bits per heavy atom. The Labute approximate surface area is 147 Å². The predicted octanol–water partition coefficient (Wildman–Crippen LogP) is 5.33. The molecule has 0 aliphatic carbocycles. The number of halogens is 1. The Balaban J connectivity index is 1.99. The zero-order valence-electron chi connectivity index (χ0n) is 13.0. The lowest BCUT2D eigenvalue weighted by Gasteiger charge is -2.08. The van der Waals surface area contributed by atoms with E-state index in [4.69, 9.17) is 4.74 Å². The van der Waals surface area contributed by atoms with Crippen LogP contribution >= 0.6 is 15.9 Å². The third-order valence-electron chi connectivity index (χ3n) is 4.18. The zero-order valence-corrected chi connectivity index (χ0v) is 14.6. The number of esters is 1. The summed E-state index contributed by atoms with van der Waals surface area (Å²) in [6.45, 7) is 0. The second-order valence-corrected chi connectivity index (χ2v) is 6.47. The summed E-state index contributed by atoms with van der Waals surface area (Å²) in [5.41, 5.74) is 3.82. The molecule has 0 fully saturated rings. The molecule has 4 aromatic rings. The highest BCUT2D eigenvalue weighted by atomic mass is 79.9. The highest BCUT2D eigenvalue weighted by Gasteiger charge is 2.13. The molecule has 0 atom stereocenters. The number of ether oxygens (including phenoxy) is 1. The highest BCUT2D eigenvalue weighted by molar-refractivity contribution is 9.10. The summed E-state index contributed by atoms with van der Waals surface area (Å²) in [5, 5.41) is 2.39. The van der Waals surface area contributed by atoms with Crippen LogP contribution in [0.3, 0.4) is 0 Å². The molecule has 0 unspecified atom stereocenters. The van der Waals surface area contributed by atoms with E-state index in [1.807, 2.05) is 30.3 Å². The number of benzene rings is 3. The minimum atomic E-state index is -0.326. The van der Waals surface area contributed by atoms with E-state index < -0.39 is 0 Å². The van der Waals surface area contributed by atoms with Crippen LogP contribution < -0.4 is 0 Å². The maximum Gasteiger partial charge on any atom is 0.337 e. The molecule has 1 heterocycles. The fraction of sp³-hybridized carbons (Fsp3) is 0.0500. The number of carbonyl (C=O) groups excluding carboxylic acids is 1. The minimum Gasteiger partial charge on any atom is -0.465 e. The third kappa shape index (κ3) is 2.31. The maximum absolute atomic E-state index is 11.6. The quantitative estimate of drug-likeness (QED) is 0.440. The first kappa shape index (κ1) is 15.0. The molecule has 4 heteroatoms. The average Bonchev–Trinajstić information content (AvgIpc) is 2.95. The summed E-state index contributed by atoms with van der Waals surface area (Å²) in [6, 6.07) is 22.1. The van der Waals surface area contributed by atoms with Crippen LogP contribution in [0.2, 0.25) is 0 Å². The van der Waals surface area contributed by atoms with Gasteiger partial charge in [0.25, 0.3) is 0 Å². The third-order valence-corrected chi connectivity index (χ3v) is 4.67. The number of para-hydroxylation sites is 1. The summed E-state index contributed by atoms with van der Waals surface area (Å²) in [4.78, 5) is 11.6. The number of hydrogen-bond acceptors (Lipinski definition) is 2. The van der Waals surface area contributed by atoms with Crippen molar-refractivity contribution in [3.05, 3.63) is 76.8 Å². The standard InChI is InChI=1S/C20H14BrNO2/c1-24-20(23)13-6-9-15(10-7-13)22-18-5-3-2-4-16(18)17-12-14(21)8-11-19(17)22/h2-12H,1H3. The van der Waals surface area contributed by atoms with Gasteiger partial charge >= 0.3 is 5.97 Å². The Hall–Kier alpha value is -2.59. The molecule has 3 nitrogen and oxygen atoms in total. The van der Waals surface area contributed by atoms with Gasteiger partial charge in [-0.3, -0.25) is 0 Å². The van der Waals surface area contributed by atoms with Crippen LogP contribution in [0.4, 0.5) is 0 Å². The van der Waals surface area contributed by atoms with Crippen LogP contribution in [0.5, 0.6) is 0 Å². The summed E-state index contributed by atoms with van der Waals surface area (Å²) in [7, 11) is 1.39. The van der Waals surface area contributed by atoms with E-state index in [9.17, 15) is 4.79 Å². The highest BCUT2D eigenvalue weighted by Crippen LogP contribution is 2.33. The van der Waals surface area contributed by atoms with Crippen LogP contribution in [-0.2, 0) is 4.74 Å². The zero-order chi connectivity index (χ0) is 16.7. The lowest BCUT2D eigenvalue weighted by atomic mass is 10.2. The van der Waals surface area contributed by atoms with Gasteiger partial charge in [0.2, 0.25) is 0 Å². The van der Waals surface area contributed by atoms with Crippen LogP contribution in [0.1, 0.15) is 10.4 Å². The molecule has 4 rings (SSSR count). The Morgan fingerprint density at radius 1 is 0.917 bits per heavy atom. The smallest absolute Gasteiger partial charge is 0.337 e. The summed E-state index contributed by atoms with van der Waals surface area (Å²) < 4.78 is 8.03. The Bertz CT molecular complexity index is 1060. The van der Waals surface area contributed by atoms with E-state index >= 15 is 0 Å². The van der Waals surface area contributed by atoms with E-state index in [1.165, 1.54) is 17.9 Å². The normalized spacial score (nSPS) is 11.1. The van der Waals surface area contributed by atoms with E-state index in [1.54, 1.807) is 12.1 Å². The van der Waals surface area contributed by atoms with Crippen molar-refractivity contribution in [3.8, 4) is 5.69 Å². The van der Waals surface area contributed by atoms with Gasteiger partial charge in [0, 0.05) is 20.9 Å². The fourth-order valence-corrected chi connectivity index (χ4v) is 3.45. The topological polar surface area (TPSA) is 31.2 Å². The van der Waals surface area contributed by atoms with Gasteiger partial charge in [0.1, 0.15) is 0 Å². The SMILES string of the molecule is COC(=O)c1ccc(-n2c3ccccc3c3cc(Br)ccc32)cc1. The van der Waals surface area contributed by atoms with E-state index in [2.05, 4.69) is 44.8 Å². The molecule has 0 amide bonds. The number of methoxy groups -OCH3 is 1. The van der Waals surface area contributed by atoms with Crippen molar-refractivity contribution in [2.24, 2.45) is 0 Å². The number of aromatic nitrogens is 1. The first-order valence-corrected chi connectivity index (χ1v) is 8.36. The van der Waals surface area contributed by atoms with Crippen molar-refractivity contribution in [3.63, 3.8) is 0 Å². The molecule has 0 saturated heterocycles. The number of nitrogens with zero attached hydrogens (tertiary/aromatic N) is 1. The minimum absolute atomic E-state index is 0.326. The van der Waals surface area contributed by atoms with Crippen LogP contribution in [0.25, 0.3) is 27.5 Å². The lowest BCUT2D eigenvalue weighted by Crippen LogP contribution is -2.01. The molecule has 0 radical (unpaired) electrons. The molecule has 1 aromatic heterocycles. The molecule has 0 bridgehead atoms. The summed E-state index contributed by atoms with van der Waals surface area (Å²) in [6.07, 6.45) is 0. The second-order valence-electron chi connectivity index (χ2n) is 5.55. The van der Waals surface area contributed by atoms with Crippen molar-refractivity contribution in [2.45, 2.75) is 0 Å². The summed E-state index contributed by atoms with van der Waals surface area (Å²) in [5.74, 6) is -0.326. The number of hydrogen-bond donors (Lipinski definition) is 0. The first-order chi connectivity index (χ1) is 11.7. The van der Waals surface area contributed by atoms with Crippen molar-refractivity contribution < 1.29 is 9.53 Å². The second kappa shape index (κ2) is 5.80. The molecule has 0 aliphatic heterocycles. The summed E-state index contributed by atoms with van der Waals surface area (Å²) >= 11 is 3.56. The molecule has 118 valence electrons. The van der Waals surface area contributed by atoms with Crippen LogP contribution in [-0.4, -0.2) is 17.6 Å². The van der Waals surface area contributed by atoms with Crippen molar-refractivity contribution in [1.29, 1.82) is 0 Å². The van der Waals surface area contributed by atoms with Gasteiger partial charge < -0.3 is 9.30 Å². The van der Waals surface area contributed by atoms with Crippen molar-refractivity contribution in [2.75, 3.05) is 7.11 Å². The van der Waals surface area contributed by atoms with Gasteiger partial charge in [-0.1, -0.05) is 34.1 Å². The Morgan fingerprint density at radius 2 is 1.62 bits per heavy atom. The molecule has 0 spiro atoms. The van der Waals surface area contributed by atoms with Crippen molar-refractivity contribution in [1.82, 2.24) is 4.57 Å². The van der Waals surface area contributed by atoms with Crippen LogP contribution in [0.15, 0.2) is 71.2 Å². The molecule has 3 aromatic carbocycles. The molecular formula is C20H14BrNO2. The van der Waals surface area contributed by atoms with Gasteiger partial charge in [0.15, 0.2) is 0 Å². The molecule has 0 N–H and O–H groups in total. The molecular weight excluding hydrogens is 366 g/mol. The van der Waals surface area contributed by atoms with Gasteiger partial charge in [-0.25, -0.2) is 4.79 Å². The molecule has 0 saturated carbocycles. The van der Waals surface area contributed by atoms with Gasteiger partial charge in [-0.2, -0.15) is 0 Å². The monoisotopic (exact) mass is 379 g/mol. The average molecular weight is 380 g/mol. The maximum atomic E-state index is 11.6. The van der Waals surface area contributed by atoms with Gasteiger partial charge in [-0.15, -0.1) is 0 Å². The molecule has 0 aliphatic rings. The van der Waals surface area contributed by atoms with E-state index in [-0.39, 0.29) is 5.97 Å². The number of fused-ring (bicyclic) bond motifs is 3.